The summed E-state index contributed by atoms with van der Waals surface area (Å²) in [6, 6.07) is 1.84. The molecule has 0 atom stereocenters. The molecule has 21 heavy (non-hydrogen) atoms. The Hall–Kier alpha value is -1.62. The van der Waals surface area contributed by atoms with E-state index in [9.17, 15) is 4.79 Å². The normalized spacial score (nSPS) is 17.6. The number of fused-ring (bicyclic) bond motifs is 1. The number of hydrogen-bond acceptors (Lipinski definition) is 3. The van der Waals surface area contributed by atoms with Gasteiger partial charge in [0.25, 0.3) is 5.56 Å². The molecule has 0 aromatic carbocycles. The Morgan fingerprint density at radius 3 is 2.90 bits per heavy atom. The second kappa shape index (κ2) is 6.43. The number of piperidine rings is 1. The summed E-state index contributed by atoms with van der Waals surface area (Å²) in [6.07, 6.45) is 8.28. The summed E-state index contributed by atoms with van der Waals surface area (Å²) in [5.74, 6) is 0.740. The Bertz CT molecular complexity index is 637. The van der Waals surface area contributed by atoms with Crippen LogP contribution in [-0.4, -0.2) is 39.1 Å². The van der Waals surface area contributed by atoms with E-state index < -0.39 is 0 Å². The van der Waals surface area contributed by atoms with Crippen molar-refractivity contribution in [2.24, 2.45) is 5.92 Å². The second-order valence-corrected chi connectivity index (χ2v) is 6.05. The van der Waals surface area contributed by atoms with E-state index in [0.717, 1.165) is 24.4 Å². The predicted octanol–water partition coefficient (Wildman–Crippen LogP) is 2.24. The molecule has 1 fully saturated rings. The van der Waals surface area contributed by atoms with Crippen LogP contribution in [0.3, 0.4) is 0 Å². The number of aromatic amines is 1. The monoisotopic (exact) mass is 288 g/mol. The molecule has 0 radical (unpaired) electrons. The number of nitrogens with zero attached hydrogens (tertiary/aromatic N) is 3. The molecule has 2 aromatic heterocycles. The van der Waals surface area contributed by atoms with E-state index in [1.807, 2.05) is 6.07 Å². The standard InChI is InChI=1S/C16H24N4O/c1-2-8-19-9-4-13(5-10-19)6-11-20-12-18-14-3-7-17-15(14)16(20)21/h3,7,12-13,17H,2,4-6,8-11H2,1H3. The van der Waals surface area contributed by atoms with E-state index in [0.29, 0.717) is 5.52 Å². The van der Waals surface area contributed by atoms with Gasteiger partial charge in [-0.05, 0) is 57.3 Å². The van der Waals surface area contributed by atoms with Gasteiger partial charge in [0, 0.05) is 12.7 Å². The lowest BCUT2D eigenvalue weighted by Crippen LogP contribution is -2.34. The quantitative estimate of drug-likeness (QED) is 0.918. The lowest BCUT2D eigenvalue weighted by atomic mass is 9.93. The highest BCUT2D eigenvalue weighted by Crippen LogP contribution is 2.21. The van der Waals surface area contributed by atoms with E-state index >= 15 is 0 Å². The first-order valence-corrected chi connectivity index (χ1v) is 8.03. The van der Waals surface area contributed by atoms with Gasteiger partial charge in [-0.1, -0.05) is 6.92 Å². The van der Waals surface area contributed by atoms with Gasteiger partial charge in [0.2, 0.25) is 0 Å². The van der Waals surface area contributed by atoms with E-state index in [2.05, 4.69) is 21.8 Å². The molecule has 2 aromatic rings. The molecule has 0 bridgehead atoms. The van der Waals surface area contributed by atoms with E-state index in [1.165, 1.54) is 38.9 Å². The molecule has 114 valence electrons. The maximum Gasteiger partial charge on any atom is 0.277 e. The van der Waals surface area contributed by atoms with E-state index in [4.69, 9.17) is 0 Å². The highest BCUT2D eigenvalue weighted by molar-refractivity contribution is 5.73. The van der Waals surface area contributed by atoms with E-state index in [-0.39, 0.29) is 5.56 Å². The fraction of sp³-hybridized carbons (Fsp3) is 0.625. The molecule has 3 rings (SSSR count). The number of nitrogens with one attached hydrogen (secondary N) is 1. The molecule has 3 heterocycles. The van der Waals surface area contributed by atoms with Crippen molar-refractivity contribution in [3.05, 3.63) is 28.9 Å². The van der Waals surface area contributed by atoms with Crippen LogP contribution in [0.5, 0.6) is 0 Å². The molecule has 0 spiro atoms. The Morgan fingerprint density at radius 2 is 2.14 bits per heavy atom. The summed E-state index contributed by atoms with van der Waals surface area (Å²) in [7, 11) is 0. The first-order chi connectivity index (χ1) is 10.3. The average molecular weight is 288 g/mol. The minimum absolute atomic E-state index is 0.0495. The van der Waals surface area contributed by atoms with Crippen LogP contribution in [0.25, 0.3) is 11.0 Å². The largest absolute Gasteiger partial charge is 0.355 e. The third kappa shape index (κ3) is 3.18. The third-order valence-corrected chi connectivity index (χ3v) is 4.56. The SMILES string of the molecule is CCCN1CCC(CCn2cnc3cc[nH]c3c2=O)CC1. The van der Waals surface area contributed by atoms with Crippen LogP contribution in [0, 0.1) is 5.92 Å². The summed E-state index contributed by atoms with van der Waals surface area (Å²) in [4.78, 5) is 22.1. The van der Waals surface area contributed by atoms with E-state index in [1.54, 1.807) is 17.1 Å². The van der Waals surface area contributed by atoms with Crippen molar-refractivity contribution >= 4 is 11.0 Å². The zero-order chi connectivity index (χ0) is 14.7. The van der Waals surface area contributed by atoms with Crippen molar-refractivity contribution in [3.8, 4) is 0 Å². The second-order valence-electron chi connectivity index (χ2n) is 6.05. The molecule has 1 aliphatic rings. The van der Waals surface area contributed by atoms with Gasteiger partial charge in [-0.15, -0.1) is 0 Å². The van der Waals surface area contributed by atoms with Gasteiger partial charge >= 0.3 is 0 Å². The Balaban J connectivity index is 1.57. The topological polar surface area (TPSA) is 53.9 Å². The average Bonchev–Trinajstić information content (AvgIpc) is 2.98. The van der Waals surface area contributed by atoms with Crippen LogP contribution in [0.2, 0.25) is 0 Å². The smallest absolute Gasteiger partial charge is 0.277 e. The molecule has 1 aliphatic heterocycles. The molecular weight excluding hydrogens is 264 g/mol. The predicted molar refractivity (Wildman–Crippen MR) is 84.4 cm³/mol. The first kappa shape index (κ1) is 14.3. The first-order valence-electron chi connectivity index (χ1n) is 8.03. The Labute approximate surface area is 125 Å². The van der Waals surface area contributed by atoms with Crippen molar-refractivity contribution in [3.63, 3.8) is 0 Å². The number of hydrogen-bond donors (Lipinski definition) is 1. The lowest BCUT2D eigenvalue weighted by molar-refractivity contribution is 0.176. The zero-order valence-electron chi connectivity index (χ0n) is 12.7. The minimum atomic E-state index is 0.0495. The molecular formula is C16H24N4O. The summed E-state index contributed by atoms with van der Waals surface area (Å²) in [6.45, 7) is 6.66. The van der Waals surface area contributed by atoms with Gasteiger partial charge in [-0.3, -0.25) is 9.36 Å². The maximum absolute atomic E-state index is 12.3. The number of aromatic nitrogens is 3. The van der Waals surface area contributed by atoms with Crippen LogP contribution in [-0.2, 0) is 6.54 Å². The highest BCUT2D eigenvalue weighted by Gasteiger charge is 2.18. The van der Waals surface area contributed by atoms with Gasteiger partial charge < -0.3 is 9.88 Å². The van der Waals surface area contributed by atoms with Gasteiger partial charge in [-0.2, -0.15) is 0 Å². The zero-order valence-corrected chi connectivity index (χ0v) is 12.7. The third-order valence-electron chi connectivity index (χ3n) is 4.56. The fourth-order valence-corrected chi connectivity index (χ4v) is 3.26. The molecule has 1 N–H and O–H groups in total. The Kier molecular flexibility index (Phi) is 4.39. The molecule has 0 saturated carbocycles. The summed E-state index contributed by atoms with van der Waals surface area (Å²) in [5, 5.41) is 0. The molecule has 0 amide bonds. The van der Waals surface area contributed by atoms with Gasteiger partial charge in [-0.25, -0.2) is 4.98 Å². The van der Waals surface area contributed by atoms with Crippen molar-refractivity contribution in [1.82, 2.24) is 19.4 Å². The van der Waals surface area contributed by atoms with Crippen molar-refractivity contribution in [2.45, 2.75) is 39.2 Å². The number of aryl methyl sites for hydroxylation is 1. The van der Waals surface area contributed by atoms with Crippen molar-refractivity contribution in [1.29, 1.82) is 0 Å². The molecule has 5 heteroatoms. The molecule has 0 unspecified atom stereocenters. The molecule has 0 aliphatic carbocycles. The molecule has 5 nitrogen and oxygen atoms in total. The summed E-state index contributed by atoms with van der Waals surface area (Å²) >= 11 is 0. The number of H-pyrrole nitrogens is 1. The number of rotatable bonds is 5. The van der Waals surface area contributed by atoms with Gasteiger partial charge in [0.15, 0.2) is 0 Å². The van der Waals surface area contributed by atoms with Crippen LogP contribution in [0.15, 0.2) is 23.4 Å². The highest BCUT2D eigenvalue weighted by atomic mass is 16.1. The fourth-order valence-electron chi connectivity index (χ4n) is 3.26. The van der Waals surface area contributed by atoms with Gasteiger partial charge in [0.1, 0.15) is 5.52 Å². The van der Waals surface area contributed by atoms with Crippen LogP contribution >= 0.6 is 0 Å². The Morgan fingerprint density at radius 1 is 1.33 bits per heavy atom. The molecule has 1 saturated heterocycles. The van der Waals surface area contributed by atoms with Crippen molar-refractivity contribution < 1.29 is 0 Å². The van der Waals surface area contributed by atoms with Crippen LogP contribution in [0.1, 0.15) is 32.6 Å². The van der Waals surface area contributed by atoms with Crippen LogP contribution < -0.4 is 5.56 Å². The minimum Gasteiger partial charge on any atom is -0.355 e. The van der Waals surface area contributed by atoms with Crippen molar-refractivity contribution in [2.75, 3.05) is 19.6 Å². The summed E-state index contributed by atoms with van der Waals surface area (Å²) < 4.78 is 1.75. The maximum atomic E-state index is 12.3. The van der Waals surface area contributed by atoms with Crippen LogP contribution in [0.4, 0.5) is 0 Å². The lowest BCUT2D eigenvalue weighted by Gasteiger charge is -2.31. The number of likely N-dealkylation sites (tertiary alicyclic amines) is 1. The summed E-state index contributed by atoms with van der Waals surface area (Å²) in [5.41, 5.74) is 1.42. The van der Waals surface area contributed by atoms with Gasteiger partial charge in [0.05, 0.1) is 11.8 Å².